The van der Waals surface area contributed by atoms with Gasteiger partial charge in [0.2, 0.25) is 5.91 Å². The molecular weight excluding hydrogens is 360 g/mol. The summed E-state index contributed by atoms with van der Waals surface area (Å²) in [7, 11) is -1.10. The minimum Gasteiger partial charge on any atom is -0.339 e. The summed E-state index contributed by atoms with van der Waals surface area (Å²) in [6, 6.07) is 0.362. The second kappa shape index (κ2) is 7.65. The molecule has 0 bridgehead atoms. The van der Waals surface area contributed by atoms with E-state index in [1.807, 2.05) is 16.5 Å². The molecule has 0 spiro atoms. The maximum atomic E-state index is 12.6. The van der Waals surface area contributed by atoms with E-state index in [0.29, 0.717) is 29.2 Å². The van der Waals surface area contributed by atoms with Crippen molar-refractivity contribution in [2.75, 3.05) is 23.8 Å². The molecule has 2 fully saturated rings. The minimum atomic E-state index is -2.95. The molecule has 2 atom stereocenters. The molecule has 140 valence electrons. The number of carbonyl (C=O) groups is 1. The van der Waals surface area contributed by atoms with Crippen molar-refractivity contribution in [2.24, 2.45) is 7.05 Å². The fourth-order valence-electron chi connectivity index (χ4n) is 3.77. The van der Waals surface area contributed by atoms with Crippen LogP contribution in [0.5, 0.6) is 0 Å². The number of piperidine rings is 1. The topological polar surface area (TPSA) is 85.2 Å². The van der Waals surface area contributed by atoms with E-state index in [1.54, 1.807) is 0 Å². The molecule has 0 aliphatic carbocycles. The van der Waals surface area contributed by atoms with Gasteiger partial charge in [-0.1, -0.05) is 18.7 Å². The lowest BCUT2D eigenvalue weighted by atomic mass is 10.0. The lowest BCUT2D eigenvalue weighted by Gasteiger charge is -2.35. The van der Waals surface area contributed by atoms with Crippen molar-refractivity contribution in [2.45, 2.75) is 56.1 Å². The zero-order valence-corrected chi connectivity index (χ0v) is 16.5. The number of nitrogens with zero attached hydrogens (tertiary/aromatic N) is 4. The van der Waals surface area contributed by atoms with Gasteiger partial charge in [-0.2, -0.15) is 0 Å². The molecule has 0 N–H and O–H groups in total. The third kappa shape index (κ3) is 4.19. The van der Waals surface area contributed by atoms with Crippen molar-refractivity contribution in [3.05, 3.63) is 5.82 Å². The summed E-state index contributed by atoms with van der Waals surface area (Å²) in [4.78, 5) is 14.6. The number of aromatic nitrogens is 3. The van der Waals surface area contributed by atoms with Gasteiger partial charge in [-0.3, -0.25) is 4.79 Å². The molecule has 1 aromatic rings. The van der Waals surface area contributed by atoms with Gasteiger partial charge in [0, 0.05) is 25.6 Å². The van der Waals surface area contributed by atoms with Crippen molar-refractivity contribution in [3.63, 3.8) is 0 Å². The van der Waals surface area contributed by atoms with Crippen LogP contribution in [-0.4, -0.2) is 63.8 Å². The molecule has 9 heteroatoms. The molecule has 25 heavy (non-hydrogen) atoms. The van der Waals surface area contributed by atoms with Crippen LogP contribution in [0.15, 0.2) is 5.16 Å². The second-order valence-electron chi connectivity index (χ2n) is 6.93. The van der Waals surface area contributed by atoms with E-state index in [2.05, 4.69) is 17.1 Å². The molecule has 2 saturated heterocycles. The average molecular weight is 387 g/mol. The van der Waals surface area contributed by atoms with Crippen LogP contribution in [0.2, 0.25) is 0 Å². The minimum absolute atomic E-state index is 0.0842. The monoisotopic (exact) mass is 386 g/mol. The Morgan fingerprint density at radius 2 is 2.08 bits per heavy atom. The second-order valence-corrected chi connectivity index (χ2v) is 10.1. The highest BCUT2D eigenvalue weighted by Crippen LogP contribution is 2.29. The molecule has 1 amide bonds. The van der Waals surface area contributed by atoms with E-state index >= 15 is 0 Å². The van der Waals surface area contributed by atoms with Gasteiger partial charge in [-0.05, 0) is 32.1 Å². The third-order valence-corrected chi connectivity index (χ3v) is 7.98. The lowest BCUT2D eigenvalue weighted by molar-refractivity contribution is -0.132. The molecule has 0 aromatic carbocycles. The predicted molar refractivity (Wildman–Crippen MR) is 97.4 cm³/mol. The molecule has 7 nitrogen and oxygen atoms in total. The Bertz CT molecular complexity index is 732. The zero-order valence-electron chi connectivity index (χ0n) is 14.8. The van der Waals surface area contributed by atoms with Crippen molar-refractivity contribution in [1.29, 1.82) is 0 Å². The van der Waals surface area contributed by atoms with Gasteiger partial charge in [0.25, 0.3) is 0 Å². The summed E-state index contributed by atoms with van der Waals surface area (Å²) in [6.45, 7) is 2.98. The number of amides is 1. The summed E-state index contributed by atoms with van der Waals surface area (Å²) < 4.78 is 25.2. The first-order valence-electron chi connectivity index (χ1n) is 8.93. The van der Waals surface area contributed by atoms with Crippen LogP contribution in [0.4, 0.5) is 0 Å². The molecule has 0 radical (unpaired) electrons. The fourth-order valence-corrected chi connectivity index (χ4v) is 6.31. The molecule has 2 aliphatic rings. The number of carbonyl (C=O) groups excluding carboxylic acids is 1. The van der Waals surface area contributed by atoms with Gasteiger partial charge in [-0.25, -0.2) is 8.42 Å². The normalized spacial score (nSPS) is 26.1. The Balaban J connectivity index is 1.61. The van der Waals surface area contributed by atoms with E-state index in [0.717, 1.165) is 25.8 Å². The van der Waals surface area contributed by atoms with Crippen LogP contribution in [0.1, 0.15) is 50.8 Å². The first kappa shape index (κ1) is 18.7. The number of sulfone groups is 1. The number of rotatable bonds is 5. The zero-order chi connectivity index (χ0) is 18.0. The number of hydrogen-bond acceptors (Lipinski definition) is 6. The highest BCUT2D eigenvalue weighted by molar-refractivity contribution is 7.99. The Labute approximate surface area is 153 Å². The van der Waals surface area contributed by atoms with E-state index in [1.165, 1.54) is 18.2 Å². The highest BCUT2D eigenvalue weighted by Gasteiger charge is 2.33. The van der Waals surface area contributed by atoms with Gasteiger partial charge in [0.05, 0.1) is 17.3 Å². The Morgan fingerprint density at radius 3 is 2.76 bits per heavy atom. The standard InChI is InChI=1S/C16H26N4O3S2/c1-3-13-6-4-5-8-20(13)14(21)10-24-16-18-17-15(19(16)2)12-7-9-25(22,23)11-12/h12-13H,3-11H2,1-2H3/t12-,13+/m1/s1. The van der Waals surface area contributed by atoms with Gasteiger partial charge >= 0.3 is 0 Å². The van der Waals surface area contributed by atoms with E-state index in [-0.39, 0.29) is 23.3 Å². The maximum Gasteiger partial charge on any atom is 0.233 e. The van der Waals surface area contributed by atoms with Gasteiger partial charge in [0.1, 0.15) is 5.82 Å². The van der Waals surface area contributed by atoms with Crippen LogP contribution in [0.25, 0.3) is 0 Å². The SMILES string of the molecule is CC[C@H]1CCCCN1C(=O)CSc1nnc([C@@H]2CCS(=O)(=O)C2)n1C. The number of thioether (sulfide) groups is 1. The highest BCUT2D eigenvalue weighted by atomic mass is 32.2. The number of likely N-dealkylation sites (tertiary alicyclic amines) is 1. The third-order valence-electron chi connectivity index (χ3n) is 5.21. The molecule has 1 aromatic heterocycles. The Morgan fingerprint density at radius 1 is 1.28 bits per heavy atom. The molecule has 3 heterocycles. The lowest BCUT2D eigenvalue weighted by Crippen LogP contribution is -2.44. The first-order valence-corrected chi connectivity index (χ1v) is 11.7. The van der Waals surface area contributed by atoms with Crippen LogP contribution in [0.3, 0.4) is 0 Å². The first-order chi connectivity index (χ1) is 11.9. The quantitative estimate of drug-likeness (QED) is 0.715. The molecule has 3 rings (SSSR count). The predicted octanol–water partition coefficient (Wildman–Crippen LogP) is 1.60. The smallest absolute Gasteiger partial charge is 0.233 e. The van der Waals surface area contributed by atoms with Crippen molar-refractivity contribution in [1.82, 2.24) is 19.7 Å². The van der Waals surface area contributed by atoms with Gasteiger partial charge in [0.15, 0.2) is 15.0 Å². The van der Waals surface area contributed by atoms with Crippen LogP contribution in [-0.2, 0) is 21.7 Å². The van der Waals surface area contributed by atoms with Crippen LogP contribution in [0, 0.1) is 0 Å². The summed E-state index contributed by atoms with van der Waals surface area (Å²) in [6.07, 6.45) is 4.98. The molecule has 2 aliphatic heterocycles. The van der Waals surface area contributed by atoms with Crippen molar-refractivity contribution in [3.8, 4) is 0 Å². The number of hydrogen-bond donors (Lipinski definition) is 0. The maximum absolute atomic E-state index is 12.6. The van der Waals surface area contributed by atoms with Gasteiger partial charge in [-0.15, -0.1) is 10.2 Å². The van der Waals surface area contributed by atoms with E-state index in [4.69, 9.17) is 0 Å². The van der Waals surface area contributed by atoms with Crippen molar-refractivity contribution < 1.29 is 13.2 Å². The van der Waals surface area contributed by atoms with Crippen LogP contribution >= 0.6 is 11.8 Å². The summed E-state index contributed by atoms with van der Waals surface area (Å²) >= 11 is 1.39. The van der Waals surface area contributed by atoms with E-state index < -0.39 is 9.84 Å². The summed E-state index contributed by atoms with van der Waals surface area (Å²) in [5.74, 6) is 1.50. The average Bonchev–Trinajstić information content (AvgIpc) is 3.14. The van der Waals surface area contributed by atoms with Crippen molar-refractivity contribution >= 4 is 27.5 Å². The largest absolute Gasteiger partial charge is 0.339 e. The van der Waals surface area contributed by atoms with Crippen LogP contribution < -0.4 is 0 Å². The molecule has 0 unspecified atom stereocenters. The molecule has 0 saturated carbocycles. The van der Waals surface area contributed by atoms with E-state index in [9.17, 15) is 13.2 Å². The van der Waals surface area contributed by atoms with Gasteiger partial charge < -0.3 is 9.47 Å². The molecular formula is C16H26N4O3S2. The summed E-state index contributed by atoms with van der Waals surface area (Å²) in [5, 5.41) is 9.04. The Hall–Kier alpha value is -1.09. The Kier molecular flexibility index (Phi) is 5.72. The fraction of sp³-hybridized carbons (Fsp3) is 0.812. The summed E-state index contributed by atoms with van der Waals surface area (Å²) in [5.41, 5.74) is 0.